The molecule has 1 aliphatic heterocycles. The normalized spacial score (nSPS) is 23.1. The van der Waals surface area contributed by atoms with Crippen LogP contribution in [0.2, 0.25) is 0 Å². The molecule has 1 fully saturated rings. The van der Waals surface area contributed by atoms with Crippen molar-refractivity contribution in [2.75, 3.05) is 19.7 Å². The number of halogens is 1. The third-order valence-electron chi connectivity index (χ3n) is 3.14. The van der Waals surface area contributed by atoms with E-state index < -0.39 is 0 Å². The van der Waals surface area contributed by atoms with Gasteiger partial charge >= 0.3 is 0 Å². The average molecular weight is 395 g/mol. The lowest BCUT2D eigenvalue weighted by atomic mass is 10.0. The predicted octanol–water partition coefficient (Wildman–Crippen LogP) is 2.38. The van der Waals surface area contributed by atoms with E-state index in [0.29, 0.717) is 12.5 Å². The SMILES string of the molecule is CC1(CN=C(N)NCCc2cccs2)CCCO1.I. The molecule has 6 heteroatoms. The molecule has 0 aromatic carbocycles. The summed E-state index contributed by atoms with van der Waals surface area (Å²) in [5, 5.41) is 5.23. The summed E-state index contributed by atoms with van der Waals surface area (Å²) in [5.74, 6) is 0.517. The first-order valence-electron chi connectivity index (χ1n) is 6.38. The first-order chi connectivity index (χ1) is 8.68. The third kappa shape index (κ3) is 5.66. The van der Waals surface area contributed by atoms with Gasteiger partial charge in [-0.25, -0.2) is 0 Å². The minimum Gasteiger partial charge on any atom is -0.373 e. The van der Waals surface area contributed by atoms with Gasteiger partial charge in [0.15, 0.2) is 5.96 Å². The minimum absolute atomic E-state index is 0. The molecule has 1 unspecified atom stereocenters. The Balaban J connectivity index is 0.00000180. The molecule has 1 aromatic rings. The Labute approximate surface area is 135 Å². The maximum absolute atomic E-state index is 5.84. The molecule has 0 bridgehead atoms. The van der Waals surface area contributed by atoms with E-state index in [1.807, 2.05) is 0 Å². The van der Waals surface area contributed by atoms with Gasteiger partial charge in [-0.1, -0.05) is 6.07 Å². The second kappa shape index (κ2) is 8.06. The van der Waals surface area contributed by atoms with Crippen molar-refractivity contribution in [3.8, 4) is 0 Å². The van der Waals surface area contributed by atoms with Crippen molar-refractivity contribution >= 4 is 41.3 Å². The minimum atomic E-state index is -0.111. The summed E-state index contributed by atoms with van der Waals surface area (Å²) in [5.41, 5.74) is 5.73. The van der Waals surface area contributed by atoms with Gasteiger partial charge in [-0.05, 0) is 37.6 Å². The fourth-order valence-corrected chi connectivity index (χ4v) is 2.75. The Hall–Kier alpha value is -0.340. The lowest BCUT2D eigenvalue weighted by molar-refractivity contribution is 0.0284. The molecule has 0 aliphatic carbocycles. The van der Waals surface area contributed by atoms with Crippen LogP contribution in [0.4, 0.5) is 0 Å². The Morgan fingerprint density at radius 3 is 3.11 bits per heavy atom. The van der Waals surface area contributed by atoms with Crippen LogP contribution in [0.5, 0.6) is 0 Å². The molecule has 0 amide bonds. The van der Waals surface area contributed by atoms with E-state index in [2.05, 4.69) is 34.7 Å². The van der Waals surface area contributed by atoms with Crippen LogP contribution in [0.1, 0.15) is 24.6 Å². The van der Waals surface area contributed by atoms with E-state index in [4.69, 9.17) is 10.5 Å². The van der Waals surface area contributed by atoms with Crippen molar-refractivity contribution < 1.29 is 4.74 Å². The van der Waals surface area contributed by atoms with Gasteiger partial charge in [0.25, 0.3) is 0 Å². The van der Waals surface area contributed by atoms with Gasteiger partial charge in [-0.2, -0.15) is 0 Å². The zero-order valence-electron chi connectivity index (χ0n) is 11.2. The number of nitrogens with one attached hydrogen (secondary N) is 1. The fourth-order valence-electron chi connectivity index (χ4n) is 2.04. The molecule has 0 radical (unpaired) electrons. The van der Waals surface area contributed by atoms with E-state index >= 15 is 0 Å². The summed E-state index contributed by atoms with van der Waals surface area (Å²) in [4.78, 5) is 5.72. The molecular formula is C13H22IN3OS. The number of hydrogen-bond acceptors (Lipinski definition) is 3. The van der Waals surface area contributed by atoms with Crippen molar-refractivity contribution in [2.45, 2.75) is 31.8 Å². The maximum Gasteiger partial charge on any atom is 0.188 e. The monoisotopic (exact) mass is 395 g/mol. The van der Waals surface area contributed by atoms with Gasteiger partial charge in [0, 0.05) is 18.0 Å². The van der Waals surface area contributed by atoms with Crippen LogP contribution in [0.25, 0.3) is 0 Å². The van der Waals surface area contributed by atoms with Crippen LogP contribution >= 0.6 is 35.3 Å². The van der Waals surface area contributed by atoms with Crippen molar-refractivity contribution in [3.63, 3.8) is 0 Å². The Bertz CT molecular complexity index is 389. The molecular weight excluding hydrogens is 373 g/mol. The molecule has 1 aliphatic rings. The molecule has 2 heterocycles. The molecule has 1 atom stereocenters. The largest absolute Gasteiger partial charge is 0.373 e. The number of guanidine groups is 1. The standard InChI is InChI=1S/C13H21N3OS.HI/c1-13(6-3-8-17-13)10-16-12(14)15-7-5-11-4-2-9-18-11;/h2,4,9H,3,5-8,10H2,1H3,(H3,14,15,16);1H. The van der Waals surface area contributed by atoms with Crippen molar-refractivity contribution in [1.82, 2.24) is 5.32 Å². The number of hydrogen-bond donors (Lipinski definition) is 2. The van der Waals surface area contributed by atoms with Gasteiger partial charge in [-0.3, -0.25) is 4.99 Å². The van der Waals surface area contributed by atoms with Gasteiger partial charge < -0.3 is 15.8 Å². The molecule has 1 aromatic heterocycles. The van der Waals surface area contributed by atoms with Crippen molar-refractivity contribution in [3.05, 3.63) is 22.4 Å². The summed E-state index contributed by atoms with van der Waals surface area (Å²) in [6.45, 7) is 4.42. The van der Waals surface area contributed by atoms with E-state index in [9.17, 15) is 0 Å². The number of thiophene rings is 1. The summed E-state index contributed by atoms with van der Waals surface area (Å²) in [6, 6.07) is 4.20. The summed E-state index contributed by atoms with van der Waals surface area (Å²) in [7, 11) is 0. The molecule has 19 heavy (non-hydrogen) atoms. The van der Waals surface area contributed by atoms with Gasteiger partial charge in [0.05, 0.1) is 12.1 Å². The number of ether oxygens (including phenoxy) is 1. The van der Waals surface area contributed by atoms with Crippen molar-refractivity contribution in [1.29, 1.82) is 0 Å². The smallest absolute Gasteiger partial charge is 0.188 e. The Morgan fingerprint density at radius 1 is 1.63 bits per heavy atom. The number of rotatable bonds is 5. The van der Waals surface area contributed by atoms with Crippen LogP contribution < -0.4 is 11.1 Å². The second-order valence-electron chi connectivity index (χ2n) is 4.86. The second-order valence-corrected chi connectivity index (χ2v) is 5.89. The van der Waals surface area contributed by atoms with E-state index in [1.165, 1.54) is 4.88 Å². The summed E-state index contributed by atoms with van der Waals surface area (Å²) < 4.78 is 5.67. The van der Waals surface area contributed by atoms with Crippen LogP contribution in [-0.2, 0) is 11.2 Å². The van der Waals surface area contributed by atoms with Crippen LogP contribution in [0.3, 0.4) is 0 Å². The third-order valence-corrected chi connectivity index (χ3v) is 4.08. The molecule has 3 N–H and O–H groups in total. The summed E-state index contributed by atoms with van der Waals surface area (Å²) in [6.07, 6.45) is 3.18. The number of nitrogens with zero attached hydrogens (tertiary/aromatic N) is 1. The molecule has 4 nitrogen and oxygen atoms in total. The van der Waals surface area contributed by atoms with Crippen LogP contribution in [0.15, 0.2) is 22.5 Å². The van der Waals surface area contributed by atoms with E-state index in [0.717, 1.165) is 32.4 Å². The zero-order valence-corrected chi connectivity index (χ0v) is 14.4. The quantitative estimate of drug-likeness (QED) is 0.457. The average Bonchev–Trinajstić information content (AvgIpc) is 2.99. The topological polar surface area (TPSA) is 59.6 Å². The highest BCUT2D eigenvalue weighted by molar-refractivity contribution is 14.0. The zero-order chi connectivity index (χ0) is 12.8. The van der Waals surface area contributed by atoms with Gasteiger partial charge in [-0.15, -0.1) is 35.3 Å². The lowest BCUT2D eigenvalue weighted by Crippen LogP contribution is -2.36. The molecule has 0 saturated carbocycles. The van der Waals surface area contributed by atoms with E-state index in [-0.39, 0.29) is 29.6 Å². The van der Waals surface area contributed by atoms with Crippen molar-refractivity contribution in [2.24, 2.45) is 10.7 Å². The first kappa shape index (κ1) is 16.7. The van der Waals surface area contributed by atoms with E-state index in [1.54, 1.807) is 11.3 Å². The van der Waals surface area contributed by atoms with Gasteiger partial charge in [0.1, 0.15) is 0 Å². The van der Waals surface area contributed by atoms with Gasteiger partial charge in [0.2, 0.25) is 0 Å². The number of nitrogens with two attached hydrogens (primary N) is 1. The fraction of sp³-hybridized carbons (Fsp3) is 0.615. The molecule has 1 saturated heterocycles. The number of aliphatic imine (C=N–C) groups is 1. The highest BCUT2D eigenvalue weighted by atomic mass is 127. The van der Waals surface area contributed by atoms with Crippen LogP contribution in [-0.4, -0.2) is 31.3 Å². The lowest BCUT2D eigenvalue weighted by Gasteiger charge is -2.20. The Morgan fingerprint density at radius 2 is 2.47 bits per heavy atom. The molecule has 2 rings (SSSR count). The Kier molecular flexibility index (Phi) is 7.09. The highest BCUT2D eigenvalue weighted by Crippen LogP contribution is 2.24. The first-order valence-corrected chi connectivity index (χ1v) is 7.26. The molecule has 0 spiro atoms. The molecule has 108 valence electrons. The van der Waals surface area contributed by atoms with Crippen LogP contribution in [0, 0.1) is 0 Å². The summed E-state index contributed by atoms with van der Waals surface area (Å²) >= 11 is 1.77. The predicted molar refractivity (Wildman–Crippen MR) is 91.5 cm³/mol. The highest BCUT2D eigenvalue weighted by Gasteiger charge is 2.29. The maximum atomic E-state index is 5.84.